The number of carbonyl (C=O) groups excluding carboxylic acids is 2. The van der Waals surface area contributed by atoms with E-state index in [1.54, 1.807) is 4.90 Å². The molecule has 0 radical (unpaired) electrons. The van der Waals surface area contributed by atoms with Crippen LogP contribution in [0.3, 0.4) is 0 Å². The zero-order chi connectivity index (χ0) is 17.8. The van der Waals surface area contributed by atoms with Gasteiger partial charge >= 0.3 is 0 Å². The standard InChI is InChI=1S/C20H29N3O2/c1-15(21)16-10-13-22(14-11-16)20(25)19(17-7-3-2-4-8-17)23-12-6-5-9-18(23)24/h2-4,7-8,15-16,19H,5-6,9-14,21H2,1H3. The molecule has 5 heteroatoms. The fourth-order valence-corrected chi connectivity index (χ4v) is 4.01. The molecular weight excluding hydrogens is 314 g/mol. The van der Waals surface area contributed by atoms with Gasteiger partial charge in [-0.05, 0) is 44.1 Å². The van der Waals surface area contributed by atoms with Gasteiger partial charge in [0.15, 0.2) is 0 Å². The summed E-state index contributed by atoms with van der Waals surface area (Å²) in [6.07, 6.45) is 4.32. The number of amides is 2. The van der Waals surface area contributed by atoms with Gasteiger partial charge in [-0.25, -0.2) is 0 Å². The van der Waals surface area contributed by atoms with Crippen molar-refractivity contribution < 1.29 is 9.59 Å². The molecule has 2 unspecified atom stereocenters. The van der Waals surface area contributed by atoms with E-state index in [0.717, 1.165) is 44.3 Å². The highest BCUT2D eigenvalue weighted by molar-refractivity contribution is 5.89. The number of hydrogen-bond acceptors (Lipinski definition) is 3. The normalized spacial score (nSPS) is 21.9. The molecule has 2 aliphatic heterocycles. The summed E-state index contributed by atoms with van der Waals surface area (Å²) in [6, 6.07) is 9.42. The molecule has 1 aromatic rings. The maximum atomic E-state index is 13.3. The van der Waals surface area contributed by atoms with E-state index in [1.807, 2.05) is 42.2 Å². The van der Waals surface area contributed by atoms with E-state index in [-0.39, 0.29) is 17.9 Å². The monoisotopic (exact) mass is 343 g/mol. The lowest BCUT2D eigenvalue weighted by molar-refractivity contribution is -0.148. The minimum atomic E-state index is -0.485. The molecule has 0 aliphatic carbocycles. The number of piperidine rings is 2. The summed E-state index contributed by atoms with van der Waals surface area (Å²) in [4.78, 5) is 29.5. The van der Waals surface area contributed by atoms with Gasteiger partial charge in [-0.1, -0.05) is 30.3 Å². The summed E-state index contributed by atoms with van der Waals surface area (Å²) >= 11 is 0. The number of rotatable bonds is 4. The molecule has 1 aromatic carbocycles. The average molecular weight is 343 g/mol. The van der Waals surface area contributed by atoms with E-state index >= 15 is 0 Å². The highest BCUT2D eigenvalue weighted by Crippen LogP contribution is 2.29. The van der Waals surface area contributed by atoms with Crippen LogP contribution in [0.4, 0.5) is 0 Å². The van der Waals surface area contributed by atoms with Gasteiger partial charge in [-0.15, -0.1) is 0 Å². The number of nitrogens with two attached hydrogens (primary N) is 1. The Balaban J connectivity index is 1.80. The van der Waals surface area contributed by atoms with Crippen LogP contribution in [0.2, 0.25) is 0 Å². The van der Waals surface area contributed by atoms with Crippen molar-refractivity contribution >= 4 is 11.8 Å². The van der Waals surface area contributed by atoms with Crippen LogP contribution in [-0.4, -0.2) is 47.3 Å². The fourth-order valence-electron chi connectivity index (χ4n) is 4.01. The number of benzene rings is 1. The highest BCUT2D eigenvalue weighted by Gasteiger charge is 2.36. The van der Waals surface area contributed by atoms with Gasteiger partial charge in [0.25, 0.3) is 0 Å². The lowest BCUT2D eigenvalue weighted by Crippen LogP contribution is -2.50. The Labute approximate surface area is 150 Å². The summed E-state index contributed by atoms with van der Waals surface area (Å²) in [5.41, 5.74) is 6.93. The lowest BCUT2D eigenvalue weighted by Gasteiger charge is -2.40. The second-order valence-corrected chi connectivity index (χ2v) is 7.38. The van der Waals surface area contributed by atoms with Crippen LogP contribution in [-0.2, 0) is 9.59 Å². The molecule has 2 N–H and O–H groups in total. The first-order valence-corrected chi connectivity index (χ1v) is 9.46. The van der Waals surface area contributed by atoms with Gasteiger partial charge < -0.3 is 15.5 Å². The maximum absolute atomic E-state index is 13.3. The Bertz CT molecular complexity index is 594. The molecule has 2 saturated heterocycles. The molecule has 2 atom stereocenters. The topological polar surface area (TPSA) is 66.6 Å². The van der Waals surface area contributed by atoms with Crippen molar-refractivity contribution in [1.29, 1.82) is 0 Å². The Morgan fingerprint density at radius 2 is 1.80 bits per heavy atom. The molecule has 2 aliphatic rings. The SMILES string of the molecule is CC(N)C1CCN(C(=O)C(c2ccccc2)N2CCCCC2=O)CC1. The molecule has 5 nitrogen and oxygen atoms in total. The van der Waals surface area contributed by atoms with Gasteiger partial charge in [-0.3, -0.25) is 9.59 Å². The van der Waals surface area contributed by atoms with Gasteiger partial charge in [0.2, 0.25) is 11.8 Å². The van der Waals surface area contributed by atoms with E-state index in [9.17, 15) is 9.59 Å². The van der Waals surface area contributed by atoms with E-state index in [4.69, 9.17) is 5.73 Å². The van der Waals surface area contributed by atoms with Crippen LogP contribution in [0.25, 0.3) is 0 Å². The van der Waals surface area contributed by atoms with Gasteiger partial charge in [0.05, 0.1) is 0 Å². The molecule has 0 bridgehead atoms. The first-order chi connectivity index (χ1) is 12.1. The van der Waals surface area contributed by atoms with Crippen molar-refractivity contribution in [3.63, 3.8) is 0 Å². The minimum absolute atomic E-state index is 0.0598. The quantitative estimate of drug-likeness (QED) is 0.912. The molecular formula is C20H29N3O2. The zero-order valence-corrected chi connectivity index (χ0v) is 15.1. The van der Waals surface area contributed by atoms with Gasteiger partial charge in [0, 0.05) is 32.1 Å². The van der Waals surface area contributed by atoms with E-state index in [1.165, 1.54) is 0 Å². The van der Waals surface area contributed by atoms with Crippen LogP contribution >= 0.6 is 0 Å². The third-order valence-electron chi connectivity index (χ3n) is 5.62. The number of carbonyl (C=O) groups is 2. The van der Waals surface area contributed by atoms with Crippen LogP contribution in [0, 0.1) is 5.92 Å². The molecule has 136 valence electrons. The second-order valence-electron chi connectivity index (χ2n) is 7.38. The van der Waals surface area contributed by atoms with E-state index in [2.05, 4.69) is 0 Å². The van der Waals surface area contributed by atoms with Crippen molar-refractivity contribution in [2.45, 2.75) is 51.1 Å². The zero-order valence-electron chi connectivity index (χ0n) is 15.1. The van der Waals surface area contributed by atoms with Crippen LogP contribution in [0.1, 0.15) is 50.6 Å². The van der Waals surface area contributed by atoms with Crippen molar-refractivity contribution in [1.82, 2.24) is 9.80 Å². The summed E-state index contributed by atoms with van der Waals surface area (Å²) in [6.45, 7) is 4.18. The Morgan fingerprint density at radius 3 is 2.40 bits per heavy atom. The molecule has 0 spiro atoms. The Morgan fingerprint density at radius 1 is 1.12 bits per heavy atom. The summed E-state index contributed by atoms with van der Waals surface area (Å²) in [7, 11) is 0. The highest BCUT2D eigenvalue weighted by atomic mass is 16.2. The average Bonchev–Trinajstić information content (AvgIpc) is 2.64. The van der Waals surface area contributed by atoms with Crippen molar-refractivity contribution in [3.8, 4) is 0 Å². The molecule has 2 heterocycles. The van der Waals surface area contributed by atoms with Gasteiger partial charge in [-0.2, -0.15) is 0 Å². The predicted octanol–water partition coefficient (Wildman–Crippen LogP) is 2.33. The molecule has 3 rings (SSSR count). The van der Waals surface area contributed by atoms with Crippen molar-refractivity contribution in [3.05, 3.63) is 35.9 Å². The molecule has 2 amide bonds. The second kappa shape index (κ2) is 8.00. The first-order valence-electron chi connectivity index (χ1n) is 9.46. The number of likely N-dealkylation sites (tertiary alicyclic amines) is 2. The first kappa shape index (κ1) is 17.9. The lowest BCUT2D eigenvalue weighted by atomic mass is 9.90. The van der Waals surface area contributed by atoms with Crippen LogP contribution in [0.15, 0.2) is 30.3 Å². The largest absolute Gasteiger partial charge is 0.341 e. The molecule has 2 fully saturated rings. The summed E-state index contributed by atoms with van der Waals surface area (Å²) in [5.74, 6) is 0.638. The van der Waals surface area contributed by atoms with E-state index in [0.29, 0.717) is 18.9 Å². The third kappa shape index (κ3) is 4.03. The van der Waals surface area contributed by atoms with Crippen molar-refractivity contribution in [2.75, 3.05) is 19.6 Å². The maximum Gasteiger partial charge on any atom is 0.250 e. The van der Waals surface area contributed by atoms with E-state index < -0.39 is 6.04 Å². The number of hydrogen-bond donors (Lipinski definition) is 1. The number of nitrogens with zero attached hydrogens (tertiary/aromatic N) is 2. The van der Waals surface area contributed by atoms with Crippen LogP contribution < -0.4 is 5.73 Å². The van der Waals surface area contributed by atoms with Crippen LogP contribution in [0.5, 0.6) is 0 Å². The smallest absolute Gasteiger partial charge is 0.250 e. The third-order valence-corrected chi connectivity index (χ3v) is 5.62. The summed E-state index contributed by atoms with van der Waals surface area (Å²) in [5, 5.41) is 0. The molecule has 0 aromatic heterocycles. The molecule has 0 saturated carbocycles. The summed E-state index contributed by atoms with van der Waals surface area (Å²) < 4.78 is 0. The Hall–Kier alpha value is -1.88. The predicted molar refractivity (Wildman–Crippen MR) is 97.7 cm³/mol. The fraction of sp³-hybridized carbons (Fsp3) is 0.600. The molecule has 25 heavy (non-hydrogen) atoms. The minimum Gasteiger partial charge on any atom is -0.341 e. The van der Waals surface area contributed by atoms with Crippen molar-refractivity contribution in [2.24, 2.45) is 11.7 Å². The Kier molecular flexibility index (Phi) is 5.74. The van der Waals surface area contributed by atoms with Gasteiger partial charge in [0.1, 0.15) is 6.04 Å².